The van der Waals surface area contributed by atoms with Crippen LogP contribution in [-0.2, 0) is 10.0 Å². The largest absolute Gasteiger partial charge is 0.402 e. The van der Waals surface area contributed by atoms with Gasteiger partial charge in [0, 0.05) is 31.5 Å². The second-order valence-corrected chi connectivity index (χ2v) is 8.15. The van der Waals surface area contributed by atoms with Gasteiger partial charge in [-0.1, -0.05) is 0 Å². The third kappa shape index (κ3) is 4.39. The van der Waals surface area contributed by atoms with E-state index in [1.165, 1.54) is 6.20 Å². The second kappa shape index (κ2) is 6.95. The summed E-state index contributed by atoms with van der Waals surface area (Å²) in [4.78, 5) is 14.6. The lowest BCUT2D eigenvalue weighted by atomic mass is 10.0. The Morgan fingerprint density at radius 1 is 1.19 bits per heavy atom. The standard InChI is InChI=1S/C15H18F3N5O2S/c1-26(24,25)23(10-15(16,17)18)11-4-8-22(9-5-11)13-3-2-12-14(21-13)20-7-6-19-12/h2-3,6-7,11H,4-5,8-10H2,1H3. The van der Waals surface area contributed by atoms with Crippen LogP contribution in [-0.4, -0.2) is 65.8 Å². The Bertz CT molecular complexity index is 882. The van der Waals surface area contributed by atoms with E-state index < -0.39 is 28.8 Å². The van der Waals surface area contributed by atoms with Gasteiger partial charge in [0.1, 0.15) is 17.9 Å². The van der Waals surface area contributed by atoms with Crippen molar-refractivity contribution in [2.24, 2.45) is 0 Å². The lowest BCUT2D eigenvalue weighted by Gasteiger charge is -2.38. The molecule has 0 aromatic carbocycles. The first-order valence-electron chi connectivity index (χ1n) is 8.00. The number of anilines is 1. The minimum absolute atomic E-state index is 0.295. The molecule has 2 aromatic rings. The Balaban J connectivity index is 1.72. The van der Waals surface area contributed by atoms with Crippen LogP contribution in [0.3, 0.4) is 0 Å². The van der Waals surface area contributed by atoms with Crippen molar-refractivity contribution in [1.82, 2.24) is 19.3 Å². The smallest absolute Gasteiger partial charge is 0.356 e. The van der Waals surface area contributed by atoms with E-state index >= 15 is 0 Å². The average Bonchev–Trinajstić information content (AvgIpc) is 2.58. The third-order valence-corrected chi connectivity index (χ3v) is 5.55. The maximum Gasteiger partial charge on any atom is 0.402 e. The van der Waals surface area contributed by atoms with Crippen LogP contribution in [0.15, 0.2) is 24.5 Å². The van der Waals surface area contributed by atoms with Crippen LogP contribution >= 0.6 is 0 Å². The van der Waals surface area contributed by atoms with Crippen LogP contribution < -0.4 is 4.90 Å². The number of pyridine rings is 1. The molecule has 0 radical (unpaired) electrons. The SMILES string of the molecule is CS(=O)(=O)N(CC(F)(F)F)C1CCN(c2ccc3nccnc3n2)CC1. The van der Waals surface area contributed by atoms with Crippen molar-refractivity contribution in [3.8, 4) is 0 Å². The molecule has 0 aliphatic carbocycles. The van der Waals surface area contributed by atoms with Crippen molar-refractivity contribution in [2.45, 2.75) is 25.1 Å². The van der Waals surface area contributed by atoms with Gasteiger partial charge >= 0.3 is 6.18 Å². The summed E-state index contributed by atoms with van der Waals surface area (Å²) in [5.74, 6) is 0.651. The highest BCUT2D eigenvalue weighted by Gasteiger charge is 2.39. The highest BCUT2D eigenvalue weighted by Crippen LogP contribution is 2.27. The Morgan fingerprint density at radius 2 is 1.85 bits per heavy atom. The van der Waals surface area contributed by atoms with Crippen LogP contribution in [0.25, 0.3) is 11.2 Å². The van der Waals surface area contributed by atoms with Gasteiger partial charge in [-0.05, 0) is 25.0 Å². The van der Waals surface area contributed by atoms with E-state index in [0.717, 1.165) is 6.26 Å². The molecule has 11 heteroatoms. The molecule has 3 rings (SSSR count). The minimum Gasteiger partial charge on any atom is -0.356 e. The predicted molar refractivity (Wildman–Crippen MR) is 90.2 cm³/mol. The van der Waals surface area contributed by atoms with Gasteiger partial charge in [0.2, 0.25) is 10.0 Å². The molecule has 142 valence electrons. The van der Waals surface area contributed by atoms with E-state index in [-0.39, 0.29) is 0 Å². The number of sulfonamides is 1. The zero-order chi connectivity index (χ0) is 18.9. The molecular weight excluding hydrogens is 371 g/mol. The molecule has 0 spiro atoms. The van der Waals surface area contributed by atoms with E-state index in [9.17, 15) is 21.6 Å². The summed E-state index contributed by atoms with van der Waals surface area (Å²) >= 11 is 0. The molecule has 0 amide bonds. The number of hydrogen-bond donors (Lipinski definition) is 0. The Labute approximate surface area is 148 Å². The molecule has 2 aromatic heterocycles. The van der Waals surface area contributed by atoms with Crippen molar-refractivity contribution >= 4 is 27.0 Å². The van der Waals surface area contributed by atoms with Crippen molar-refractivity contribution in [3.63, 3.8) is 0 Å². The van der Waals surface area contributed by atoms with Crippen LogP contribution in [0, 0.1) is 0 Å². The number of alkyl halides is 3. The molecule has 0 saturated carbocycles. The molecule has 0 N–H and O–H groups in total. The van der Waals surface area contributed by atoms with Crippen molar-refractivity contribution in [1.29, 1.82) is 0 Å². The van der Waals surface area contributed by atoms with Crippen molar-refractivity contribution in [3.05, 3.63) is 24.5 Å². The first-order valence-corrected chi connectivity index (χ1v) is 9.84. The van der Waals surface area contributed by atoms with Gasteiger partial charge in [-0.2, -0.15) is 17.5 Å². The summed E-state index contributed by atoms with van der Waals surface area (Å²) in [6, 6.07) is 2.88. The van der Waals surface area contributed by atoms with E-state index in [1.54, 1.807) is 18.3 Å². The molecule has 0 bridgehead atoms. The summed E-state index contributed by atoms with van der Waals surface area (Å²) in [6.45, 7) is -0.638. The fraction of sp³-hybridized carbons (Fsp3) is 0.533. The molecule has 0 atom stereocenters. The number of rotatable bonds is 4. The first-order chi connectivity index (χ1) is 12.1. The molecule has 7 nitrogen and oxygen atoms in total. The van der Waals surface area contributed by atoms with E-state index in [0.29, 0.717) is 47.2 Å². The van der Waals surface area contributed by atoms with Gasteiger partial charge in [-0.25, -0.2) is 18.4 Å². The first kappa shape index (κ1) is 18.8. The number of fused-ring (bicyclic) bond motifs is 1. The zero-order valence-corrected chi connectivity index (χ0v) is 14.8. The summed E-state index contributed by atoms with van der Waals surface area (Å²) in [6.07, 6.45) is -0.0673. The molecule has 1 saturated heterocycles. The van der Waals surface area contributed by atoms with Gasteiger partial charge in [-0.15, -0.1) is 0 Å². The average molecular weight is 389 g/mol. The van der Waals surface area contributed by atoms with Crippen LogP contribution in [0.4, 0.5) is 19.0 Å². The van der Waals surface area contributed by atoms with Crippen LogP contribution in [0.5, 0.6) is 0 Å². The maximum absolute atomic E-state index is 12.7. The predicted octanol–water partition coefficient (Wildman–Crippen LogP) is 1.82. The monoisotopic (exact) mass is 389 g/mol. The number of nitrogens with zero attached hydrogens (tertiary/aromatic N) is 5. The number of halogens is 3. The molecule has 1 aliphatic rings. The Kier molecular flexibility index (Phi) is 5.02. The van der Waals surface area contributed by atoms with E-state index in [2.05, 4.69) is 15.0 Å². The number of aromatic nitrogens is 3. The van der Waals surface area contributed by atoms with E-state index in [4.69, 9.17) is 0 Å². The molecular formula is C15H18F3N5O2S. The van der Waals surface area contributed by atoms with Gasteiger partial charge in [0.25, 0.3) is 0 Å². The quantitative estimate of drug-likeness (QED) is 0.794. The third-order valence-electron chi connectivity index (χ3n) is 4.27. The Hall–Kier alpha value is -2.01. The normalized spacial score (nSPS) is 17.2. The zero-order valence-electron chi connectivity index (χ0n) is 14.0. The highest BCUT2D eigenvalue weighted by atomic mass is 32.2. The summed E-state index contributed by atoms with van der Waals surface area (Å²) < 4.78 is 62.4. The molecule has 1 fully saturated rings. The summed E-state index contributed by atoms with van der Waals surface area (Å²) in [7, 11) is -3.95. The summed E-state index contributed by atoms with van der Waals surface area (Å²) in [5.41, 5.74) is 1.14. The molecule has 1 aliphatic heterocycles. The van der Waals surface area contributed by atoms with E-state index in [1.807, 2.05) is 4.90 Å². The highest BCUT2D eigenvalue weighted by molar-refractivity contribution is 7.88. The topological polar surface area (TPSA) is 79.3 Å². The number of hydrogen-bond acceptors (Lipinski definition) is 6. The van der Waals surface area contributed by atoms with Gasteiger partial charge in [0.05, 0.1) is 6.26 Å². The fourth-order valence-electron chi connectivity index (χ4n) is 3.10. The van der Waals surface area contributed by atoms with Gasteiger partial charge in [0.15, 0.2) is 5.65 Å². The Morgan fingerprint density at radius 3 is 2.46 bits per heavy atom. The molecule has 0 unspecified atom stereocenters. The summed E-state index contributed by atoms with van der Waals surface area (Å²) in [5, 5.41) is 0. The maximum atomic E-state index is 12.7. The lowest BCUT2D eigenvalue weighted by molar-refractivity contribution is -0.139. The van der Waals surface area contributed by atoms with Crippen LogP contribution in [0.1, 0.15) is 12.8 Å². The van der Waals surface area contributed by atoms with Crippen LogP contribution in [0.2, 0.25) is 0 Å². The van der Waals surface area contributed by atoms with Gasteiger partial charge < -0.3 is 4.90 Å². The lowest BCUT2D eigenvalue weighted by Crippen LogP contribution is -2.50. The molecule has 3 heterocycles. The second-order valence-electron chi connectivity index (χ2n) is 6.21. The molecule has 26 heavy (non-hydrogen) atoms. The van der Waals surface area contributed by atoms with Crippen molar-refractivity contribution in [2.75, 3.05) is 30.8 Å². The van der Waals surface area contributed by atoms with Crippen molar-refractivity contribution < 1.29 is 21.6 Å². The fourth-order valence-corrected chi connectivity index (χ4v) is 4.23. The minimum atomic E-state index is -4.57. The van der Waals surface area contributed by atoms with Gasteiger partial charge in [-0.3, -0.25) is 4.98 Å². The number of piperidine rings is 1.